The third-order valence-electron chi connectivity index (χ3n) is 7.77. The number of ether oxygens (including phenoxy) is 1. The average Bonchev–Trinajstić information content (AvgIpc) is 3.51. The van der Waals surface area contributed by atoms with Crippen LogP contribution >= 0.6 is 11.6 Å². The summed E-state index contributed by atoms with van der Waals surface area (Å²) in [6.07, 6.45) is 3.45. The van der Waals surface area contributed by atoms with Crippen LogP contribution in [-0.4, -0.2) is 81.0 Å². The van der Waals surface area contributed by atoms with Crippen molar-refractivity contribution in [1.82, 2.24) is 23.8 Å². The van der Waals surface area contributed by atoms with E-state index in [4.69, 9.17) is 21.3 Å². The number of aliphatic hydroxyl groups is 1. The van der Waals surface area contributed by atoms with Crippen molar-refractivity contribution in [2.45, 2.75) is 68.9 Å². The lowest BCUT2D eigenvalue weighted by Crippen LogP contribution is -2.42. The summed E-state index contributed by atoms with van der Waals surface area (Å²) in [7, 11) is -3.28. The van der Waals surface area contributed by atoms with E-state index in [-0.39, 0.29) is 46.3 Å². The van der Waals surface area contributed by atoms with Crippen molar-refractivity contribution >= 4 is 38.6 Å². The van der Waals surface area contributed by atoms with Crippen LogP contribution in [0, 0.1) is 5.82 Å². The number of nitrogens with one attached hydrogen (secondary N) is 1. The molecule has 210 valence electrons. The quantitative estimate of drug-likeness (QED) is 0.435. The molecular formula is C26H32ClFN6O4S. The number of rotatable bonds is 7. The minimum absolute atomic E-state index is 0.0400. The second kappa shape index (κ2) is 10.2. The summed E-state index contributed by atoms with van der Waals surface area (Å²) in [5, 5.41) is 13.4. The zero-order valence-electron chi connectivity index (χ0n) is 21.8. The Hall–Kier alpha value is -2.38. The largest absolute Gasteiger partial charge is 0.389 e. The summed E-state index contributed by atoms with van der Waals surface area (Å²) < 4.78 is 50.1. The highest BCUT2D eigenvalue weighted by Gasteiger charge is 2.44. The van der Waals surface area contributed by atoms with Gasteiger partial charge in [0.25, 0.3) is 0 Å². The van der Waals surface area contributed by atoms with Gasteiger partial charge in [-0.15, -0.1) is 0 Å². The molecule has 1 saturated carbocycles. The summed E-state index contributed by atoms with van der Waals surface area (Å²) in [6, 6.07) is 2.88. The minimum Gasteiger partial charge on any atom is -0.389 e. The SMILES string of the molecule is CC(C)n1c([C@@H]2CCN(S(=O)(=O)C3CC3)C2)nc2c(F)cc(-c3nc(N[C@@H]4CCOC[C@H]4O)ncc3Cl)cc21. The molecule has 0 bridgehead atoms. The van der Waals surface area contributed by atoms with Crippen LogP contribution in [0.25, 0.3) is 22.3 Å². The molecule has 2 N–H and O–H groups in total. The first-order valence-corrected chi connectivity index (χ1v) is 15.3. The van der Waals surface area contributed by atoms with Gasteiger partial charge in [0.15, 0.2) is 5.82 Å². The maximum absolute atomic E-state index is 15.6. The number of anilines is 1. The van der Waals surface area contributed by atoms with Crippen molar-refractivity contribution in [3.8, 4) is 11.3 Å². The maximum Gasteiger partial charge on any atom is 0.223 e. The topological polar surface area (TPSA) is 122 Å². The molecule has 0 amide bonds. The van der Waals surface area contributed by atoms with Crippen LogP contribution < -0.4 is 5.32 Å². The number of benzene rings is 1. The first-order chi connectivity index (χ1) is 18.6. The molecule has 1 aromatic carbocycles. The zero-order valence-corrected chi connectivity index (χ0v) is 23.4. The molecule has 0 radical (unpaired) electrons. The molecule has 3 atom stereocenters. The first kappa shape index (κ1) is 26.8. The average molecular weight is 579 g/mol. The lowest BCUT2D eigenvalue weighted by atomic mass is 10.1. The van der Waals surface area contributed by atoms with Crippen LogP contribution in [-0.2, 0) is 14.8 Å². The van der Waals surface area contributed by atoms with Gasteiger partial charge in [-0.25, -0.2) is 32.1 Å². The van der Waals surface area contributed by atoms with Gasteiger partial charge in [-0.05, 0) is 51.7 Å². The predicted molar refractivity (Wildman–Crippen MR) is 146 cm³/mol. The van der Waals surface area contributed by atoms with Gasteiger partial charge >= 0.3 is 0 Å². The highest BCUT2D eigenvalue weighted by Crippen LogP contribution is 2.39. The number of halogens is 2. The minimum atomic E-state index is -3.28. The van der Waals surface area contributed by atoms with Gasteiger partial charge in [0.1, 0.15) is 11.3 Å². The number of fused-ring (bicyclic) bond motifs is 1. The maximum atomic E-state index is 15.6. The molecule has 2 saturated heterocycles. The number of imidazole rings is 1. The van der Waals surface area contributed by atoms with Gasteiger partial charge in [0, 0.05) is 37.2 Å². The van der Waals surface area contributed by atoms with E-state index in [1.54, 1.807) is 4.31 Å². The van der Waals surface area contributed by atoms with E-state index in [1.807, 2.05) is 24.5 Å². The Morgan fingerprint density at radius 1 is 1.21 bits per heavy atom. The normalized spacial score (nSPS) is 24.6. The standard InChI is InChI=1S/C26H32ClFN6O4S/c1-14(2)34-21-10-16(23-18(27)11-29-26(32-23)30-20-6-8-38-13-22(20)35)9-19(28)24(21)31-25(34)15-5-7-33(12-15)39(36,37)17-3-4-17/h9-11,14-15,17,20,22,35H,3-8,12-13H2,1-2H3,(H,29,30,32)/t15-,20-,22-/m1/s1. The van der Waals surface area contributed by atoms with Crippen molar-refractivity contribution in [2.24, 2.45) is 0 Å². The highest BCUT2D eigenvalue weighted by atomic mass is 35.5. The van der Waals surface area contributed by atoms with Crippen LogP contribution in [0.5, 0.6) is 0 Å². The molecule has 13 heteroatoms. The fourth-order valence-electron chi connectivity index (χ4n) is 5.58. The monoisotopic (exact) mass is 578 g/mol. The Kier molecular flexibility index (Phi) is 7.03. The van der Waals surface area contributed by atoms with Gasteiger partial charge in [-0.2, -0.15) is 0 Å². The van der Waals surface area contributed by atoms with E-state index >= 15 is 4.39 Å². The molecular weight excluding hydrogens is 547 g/mol. The first-order valence-electron chi connectivity index (χ1n) is 13.4. The summed E-state index contributed by atoms with van der Waals surface area (Å²) in [5.41, 5.74) is 1.67. The van der Waals surface area contributed by atoms with Crippen LogP contribution in [0.15, 0.2) is 18.3 Å². The predicted octanol–water partition coefficient (Wildman–Crippen LogP) is 3.71. The Morgan fingerprint density at radius 2 is 2.00 bits per heavy atom. The third kappa shape index (κ3) is 5.01. The Bertz CT molecular complexity index is 1510. The molecule has 4 heterocycles. The van der Waals surface area contributed by atoms with Crippen LogP contribution in [0.3, 0.4) is 0 Å². The van der Waals surface area contributed by atoms with Crippen molar-refractivity contribution < 1.29 is 22.7 Å². The molecule has 1 aliphatic carbocycles. The number of hydrogen-bond acceptors (Lipinski definition) is 8. The summed E-state index contributed by atoms with van der Waals surface area (Å²) in [5.74, 6) is 0.337. The molecule has 39 heavy (non-hydrogen) atoms. The Labute approximate surface area is 231 Å². The molecule has 0 unspecified atom stereocenters. The van der Waals surface area contributed by atoms with E-state index in [0.717, 1.165) is 12.8 Å². The summed E-state index contributed by atoms with van der Waals surface area (Å²) in [4.78, 5) is 13.5. The number of sulfonamides is 1. The fraction of sp³-hybridized carbons (Fsp3) is 0.577. The summed E-state index contributed by atoms with van der Waals surface area (Å²) in [6.45, 7) is 5.56. The van der Waals surface area contributed by atoms with Crippen LogP contribution in [0.4, 0.5) is 10.3 Å². The van der Waals surface area contributed by atoms with Gasteiger partial charge in [0.2, 0.25) is 16.0 Å². The van der Waals surface area contributed by atoms with Crippen molar-refractivity contribution in [3.63, 3.8) is 0 Å². The Morgan fingerprint density at radius 3 is 2.72 bits per heavy atom. The molecule has 0 spiro atoms. The molecule has 6 rings (SSSR count). The molecule has 10 nitrogen and oxygen atoms in total. The van der Waals surface area contributed by atoms with Gasteiger partial charge < -0.3 is 19.7 Å². The van der Waals surface area contributed by atoms with Crippen LogP contribution in [0.1, 0.15) is 57.3 Å². The van der Waals surface area contributed by atoms with Crippen LogP contribution in [0.2, 0.25) is 5.02 Å². The molecule has 2 aromatic heterocycles. The molecule has 3 aromatic rings. The lowest BCUT2D eigenvalue weighted by Gasteiger charge is -2.28. The van der Waals surface area contributed by atoms with Crippen molar-refractivity contribution in [1.29, 1.82) is 0 Å². The third-order valence-corrected chi connectivity index (χ3v) is 10.4. The smallest absolute Gasteiger partial charge is 0.223 e. The van der Waals surface area contributed by atoms with E-state index in [2.05, 4.69) is 15.3 Å². The molecule has 2 aliphatic heterocycles. The van der Waals surface area contributed by atoms with E-state index < -0.39 is 21.9 Å². The van der Waals surface area contributed by atoms with Gasteiger partial charge in [0.05, 0.1) is 46.4 Å². The fourth-order valence-corrected chi connectivity index (χ4v) is 7.68. The number of aromatic nitrogens is 4. The Balaban J connectivity index is 1.36. The van der Waals surface area contributed by atoms with E-state index in [0.29, 0.717) is 55.1 Å². The number of hydrogen-bond donors (Lipinski definition) is 2. The van der Waals surface area contributed by atoms with Gasteiger partial charge in [-0.3, -0.25) is 0 Å². The highest BCUT2D eigenvalue weighted by molar-refractivity contribution is 7.90. The number of nitrogens with zero attached hydrogens (tertiary/aromatic N) is 5. The molecule has 3 aliphatic rings. The second-order valence-corrected chi connectivity index (χ2v) is 13.5. The summed E-state index contributed by atoms with van der Waals surface area (Å²) >= 11 is 6.48. The lowest BCUT2D eigenvalue weighted by molar-refractivity contribution is -0.0136. The zero-order chi connectivity index (χ0) is 27.5. The second-order valence-electron chi connectivity index (χ2n) is 10.9. The van der Waals surface area contributed by atoms with E-state index in [9.17, 15) is 13.5 Å². The number of aliphatic hydroxyl groups excluding tert-OH is 1. The van der Waals surface area contributed by atoms with E-state index in [1.165, 1.54) is 12.3 Å². The van der Waals surface area contributed by atoms with Crippen molar-refractivity contribution in [2.75, 3.05) is 31.6 Å². The molecule has 3 fully saturated rings. The van der Waals surface area contributed by atoms with Gasteiger partial charge in [-0.1, -0.05) is 11.6 Å². The van der Waals surface area contributed by atoms with Crippen molar-refractivity contribution in [3.05, 3.63) is 35.0 Å².